The van der Waals surface area contributed by atoms with Crippen LogP contribution in [0.1, 0.15) is 5.56 Å². The maximum atomic E-state index is 7.32. The number of nitrogens with one attached hydrogen (secondary N) is 1. The first kappa shape index (κ1) is 8.92. The van der Waals surface area contributed by atoms with Crippen LogP contribution in [0.4, 0.5) is 5.69 Å². The van der Waals surface area contributed by atoms with Crippen LogP contribution >= 0.6 is 38.5 Å². The van der Waals surface area contributed by atoms with Gasteiger partial charge < -0.3 is 5.73 Å². The Morgan fingerprint density at radius 2 is 2.27 bits per heavy atom. The summed E-state index contributed by atoms with van der Waals surface area (Å²) in [6.45, 7) is 0. The van der Waals surface area contributed by atoms with Gasteiger partial charge in [0.05, 0.1) is 10.2 Å². The first-order valence-corrected chi connectivity index (χ1v) is 4.63. The minimum atomic E-state index is 0.397. The molecule has 0 fully saturated rings. The predicted octanol–water partition coefficient (Wildman–Crippen LogP) is 2.19. The van der Waals surface area contributed by atoms with Crippen molar-refractivity contribution in [3.8, 4) is 0 Å². The SMILES string of the molecule is N=C(I)c1cncc(Br)c1N. The second-order valence-corrected chi connectivity index (χ2v) is 3.83. The van der Waals surface area contributed by atoms with Gasteiger partial charge in [0.15, 0.2) is 0 Å². The Labute approximate surface area is 86.2 Å². The topological polar surface area (TPSA) is 62.8 Å². The molecule has 0 aliphatic carbocycles. The maximum absolute atomic E-state index is 7.32. The molecule has 0 aromatic carbocycles. The minimum Gasteiger partial charge on any atom is -0.397 e. The fourth-order valence-corrected chi connectivity index (χ4v) is 1.38. The zero-order chi connectivity index (χ0) is 8.43. The number of halogens is 2. The van der Waals surface area contributed by atoms with E-state index in [0.29, 0.717) is 15.0 Å². The number of aromatic nitrogens is 1. The van der Waals surface area contributed by atoms with E-state index in [-0.39, 0.29) is 0 Å². The van der Waals surface area contributed by atoms with Crippen molar-refractivity contribution in [3.63, 3.8) is 0 Å². The standard InChI is InChI=1S/C6H5BrIN3/c7-4-2-11-1-3(5(4)9)6(8)10/h1-2,10H,(H2,9,11). The monoisotopic (exact) mass is 325 g/mol. The molecule has 0 aliphatic heterocycles. The Hall–Kier alpha value is -0.170. The third kappa shape index (κ3) is 1.90. The van der Waals surface area contributed by atoms with E-state index in [1.165, 1.54) is 0 Å². The summed E-state index contributed by atoms with van der Waals surface area (Å²) >= 11 is 5.12. The molecule has 0 amide bonds. The van der Waals surface area contributed by atoms with Crippen molar-refractivity contribution in [2.45, 2.75) is 0 Å². The highest BCUT2D eigenvalue weighted by atomic mass is 127. The van der Waals surface area contributed by atoms with E-state index in [1.54, 1.807) is 12.4 Å². The van der Waals surface area contributed by atoms with E-state index in [2.05, 4.69) is 20.9 Å². The smallest absolute Gasteiger partial charge is 0.103 e. The fourth-order valence-electron chi connectivity index (χ4n) is 0.620. The molecule has 0 bridgehead atoms. The third-order valence-corrected chi connectivity index (χ3v) is 2.39. The van der Waals surface area contributed by atoms with Crippen LogP contribution in [0.3, 0.4) is 0 Å². The molecule has 0 radical (unpaired) electrons. The predicted molar refractivity (Wildman–Crippen MR) is 57.2 cm³/mol. The number of nitrogens with zero attached hydrogens (tertiary/aromatic N) is 1. The van der Waals surface area contributed by atoms with Gasteiger partial charge in [-0.1, -0.05) is 0 Å². The zero-order valence-electron chi connectivity index (χ0n) is 5.44. The van der Waals surface area contributed by atoms with Crippen molar-refractivity contribution in [2.75, 3.05) is 5.73 Å². The summed E-state index contributed by atoms with van der Waals surface area (Å²) in [5.74, 6) is 0. The summed E-state index contributed by atoms with van der Waals surface area (Å²) in [7, 11) is 0. The number of nitrogen functional groups attached to an aromatic ring is 1. The van der Waals surface area contributed by atoms with E-state index in [4.69, 9.17) is 11.1 Å². The summed E-state index contributed by atoms with van der Waals surface area (Å²) in [5.41, 5.74) is 6.89. The largest absolute Gasteiger partial charge is 0.397 e. The minimum absolute atomic E-state index is 0.397. The second kappa shape index (κ2) is 3.48. The molecule has 1 rings (SSSR count). The molecule has 0 unspecified atom stereocenters. The molecule has 3 N–H and O–H groups in total. The van der Waals surface area contributed by atoms with Gasteiger partial charge in [-0.3, -0.25) is 10.4 Å². The quantitative estimate of drug-likeness (QED) is 0.614. The van der Waals surface area contributed by atoms with E-state index in [1.807, 2.05) is 22.6 Å². The number of anilines is 1. The molecule has 11 heavy (non-hydrogen) atoms. The normalized spacial score (nSPS) is 9.64. The Morgan fingerprint density at radius 3 is 2.73 bits per heavy atom. The van der Waals surface area contributed by atoms with Crippen LogP contribution in [0.2, 0.25) is 0 Å². The van der Waals surface area contributed by atoms with Crippen LogP contribution in [0.15, 0.2) is 16.9 Å². The van der Waals surface area contributed by atoms with E-state index >= 15 is 0 Å². The molecule has 1 aromatic rings. The van der Waals surface area contributed by atoms with Gasteiger partial charge in [0, 0.05) is 18.0 Å². The van der Waals surface area contributed by atoms with E-state index < -0.39 is 0 Å². The van der Waals surface area contributed by atoms with Crippen molar-refractivity contribution in [1.29, 1.82) is 5.41 Å². The summed E-state index contributed by atoms with van der Waals surface area (Å²) in [6.07, 6.45) is 3.19. The molecule has 1 aromatic heterocycles. The highest BCUT2D eigenvalue weighted by molar-refractivity contribution is 14.1. The summed E-state index contributed by atoms with van der Waals surface area (Å²) in [4.78, 5) is 3.89. The fraction of sp³-hybridized carbons (Fsp3) is 0. The van der Waals surface area contributed by atoms with Gasteiger partial charge in [0.25, 0.3) is 0 Å². The molecule has 3 nitrogen and oxygen atoms in total. The molecule has 0 saturated carbocycles. The van der Waals surface area contributed by atoms with Gasteiger partial charge in [-0.25, -0.2) is 0 Å². The molecule has 0 aliphatic rings. The van der Waals surface area contributed by atoms with Gasteiger partial charge in [-0.05, 0) is 38.5 Å². The molecule has 58 valence electrons. The lowest BCUT2D eigenvalue weighted by molar-refractivity contribution is 1.30. The molecule has 0 saturated heterocycles. The number of hydrogen-bond acceptors (Lipinski definition) is 3. The highest BCUT2D eigenvalue weighted by Crippen LogP contribution is 2.23. The zero-order valence-corrected chi connectivity index (χ0v) is 9.18. The number of nitrogens with two attached hydrogens (primary N) is 1. The van der Waals surface area contributed by atoms with Crippen LogP contribution in [-0.2, 0) is 0 Å². The Bertz CT molecular complexity index is 300. The van der Waals surface area contributed by atoms with Crippen molar-refractivity contribution < 1.29 is 0 Å². The molecular weight excluding hydrogens is 321 g/mol. The Balaban J connectivity index is 3.27. The average Bonchev–Trinajstić information content (AvgIpc) is 1.94. The van der Waals surface area contributed by atoms with Crippen molar-refractivity contribution in [2.24, 2.45) is 0 Å². The van der Waals surface area contributed by atoms with Crippen LogP contribution < -0.4 is 5.73 Å². The first-order chi connectivity index (χ1) is 5.13. The van der Waals surface area contributed by atoms with Crippen LogP contribution in [-0.4, -0.2) is 8.70 Å². The third-order valence-electron chi connectivity index (χ3n) is 1.18. The van der Waals surface area contributed by atoms with Crippen LogP contribution in [0, 0.1) is 5.41 Å². The number of hydrogen-bond donors (Lipinski definition) is 2. The van der Waals surface area contributed by atoms with Gasteiger partial charge in [0.1, 0.15) is 3.72 Å². The van der Waals surface area contributed by atoms with Gasteiger partial charge in [-0.15, -0.1) is 0 Å². The number of pyridine rings is 1. The maximum Gasteiger partial charge on any atom is 0.103 e. The lowest BCUT2D eigenvalue weighted by Gasteiger charge is -2.02. The highest BCUT2D eigenvalue weighted by Gasteiger charge is 2.05. The summed E-state index contributed by atoms with van der Waals surface area (Å²) < 4.78 is 1.13. The Morgan fingerprint density at radius 1 is 1.64 bits per heavy atom. The summed E-state index contributed by atoms with van der Waals surface area (Å²) in [5, 5.41) is 7.32. The van der Waals surface area contributed by atoms with Crippen molar-refractivity contribution in [1.82, 2.24) is 4.98 Å². The van der Waals surface area contributed by atoms with E-state index in [0.717, 1.165) is 4.47 Å². The van der Waals surface area contributed by atoms with Gasteiger partial charge >= 0.3 is 0 Å². The van der Waals surface area contributed by atoms with Gasteiger partial charge in [-0.2, -0.15) is 0 Å². The van der Waals surface area contributed by atoms with Crippen molar-refractivity contribution >= 4 is 47.9 Å². The molecule has 5 heteroatoms. The molecule has 0 spiro atoms. The molecule has 1 heterocycles. The Kier molecular flexibility index (Phi) is 2.83. The van der Waals surface area contributed by atoms with Crippen molar-refractivity contribution in [3.05, 3.63) is 22.4 Å². The first-order valence-electron chi connectivity index (χ1n) is 2.76. The van der Waals surface area contributed by atoms with Gasteiger partial charge in [0.2, 0.25) is 0 Å². The lowest BCUT2D eigenvalue weighted by Crippen LogP contribution is -1.98. The molecule has 0 atom stereocenters. The van der Waals surface area contributed by atoms with Crippen LogP contribution in [0.25, 0.3) is 0 Å². The lowest BCUT2D eigenvalue weighted by atomic mass is 10.2. The number of rotatable bonds is 1. The summed E-state index contributed by atoms with van der Waals surface area (Å²) in [6, 6.07) is 0. The van der Waals surface area contributed by atoms with E-state index in [9.17, 15) is 0 Å². The second-order valence-electron chi connectivity index (χ2n) is 1.90. The van der Waals surface area contributed by atoms with Crippen LogP contribution in [0.5, 0.6) is 0 Å². The molecular formula is C6H5BrIN3. The average molecular weight is 326 g/mol.